The van der Waals surface area contributed by atoms with Crippen molar-refractivity contribution in [3.05, 3.63) is 23.3 Å². The van der Waals surface area contributed by atoms with Gasteiger partial charge in [0.2, 0.25) is 0 Å². The highest BCUT2D eigenvalue weighted by Gasteiger charge is 2.22. The van der Waals surface area contributed by atoms with Crippen molar-refractivity contribution >= 4 is 17.3 Å². The number of anilines is 2. The van der Waals surface area contributed by atoms with E-state index in [1.54, 1.807) is 6.07 Å². The molecule has 0 aromatic heterocycles. The lowest BCUT2D eigenvalue weighted by molar-refractivity contribution is 0.0602. The number of methoxy groups -OCH3 is 1. The number of carbonyl (C=O) groups is 1. The molecule has 3 N–H and O–H groups in total. The molecule has 1 fully saturated rings. The first-order chi connectivity index (χ1) is 9.01. The van der Waals surface area contributed by atoms with Gasteiger partial charge in [-0.3, -0.25) is 0 Å². The van der Waals surface area contributed by atoms with E-state index >= 15 is 0 Å². The summed E-state index contributed by atoms with van der Waals surface area (Å²) < 4.78 is 4.77. The van der Waals surface area contributed by atoms with Crippen LogP contribution in [0.3, 0.4) is 0 Å². The number of nitrogen functional groups attached to an aromatic ring is 1. The van der Waals surface area contributed by atoms with Gasteiger partial charge in [0.1, 0.15) is 0 Å². The lowest BCUT2D eigenvalue weighted by atomic mass is 10.1. The van der Waals surface area contributed by atoms with E-state index in [0.717, 1.165) is 17.2 Å². The summed E-state index contributed by atoms with van der Waals surface area (Å²) in [4.78, 5) is 11.7. The molecular formula is C15H22N2O2. The normalized spacial score (nSPS) is 22.3. The molecule has 1 aromatic rings. The topological polar surface area (TPSA) is 64.3 Å². The predicted molar refractivity (Wildman–Crippen MR) is 77.4 cm³/mol. The van der Waals surface area contributed by atoms with Crippen molar-refractivity contribution in [1.29, 1.82) is 0 Å². The van der Waals surface area contributed by atoms with E-state index in [9.17, 15) is 4.79 Å². The van der Waals surface area contributed by atoms with Crippen LogP contribution in [-0.4, -0.2) is 19.1 Å². The second-order valence-electron chi connectivity index (χ2n) is 5.51. The first-order valence-electron chi connectivity index (χ1n) is 6.76. The van der Waals surface area contributed by atoms with E-state index in [2.05, 4.69) is 12.2 Å². The number of benzene rings is 1. The molecule has 1 aromatic carbocycles. The molecule has 0 amide bonds. The summed E-state index contributed by atoms with van der Waals surface area (Å²) >= 11 is 0. The van der Waals surface area contributed by atoms with Crippen molar-refractivity contribution in [3.8, 4) is 0 Å². The fourth-order valence-electron chi connectivity index (χ4n) is 2.73. The Bertz CT molecular complexity index is 485. The molecule has 2 rings (SSSR count). The number of nitrogens with one attached hydrogen (secondary N) is 1. The summed E-state index contributed by atoms with van der Waals surface area (Å²) in [5.74, 6) is 0.386. The van der Waals surface area contributed by atoms with Crippen molar-refractivity contribution in [2.75, 3.05) is 18.2 Å². The quantitative estimate of drug-likeness (QED) is 0.649. The van der Waals surface area contributed by atoms with E-state index in [4.69, 9.17) is 10.5 Å². The zero-order valence-corrected chi connectivity index (χ0v) is 11.8. The molecule has 0 bridgehead atoms. The molecule has 4 nitrogen and oxygen atoms in total. The fraction of sp³-hybridized carbons (Fsp3) is 0.533. The van der Waals surface area contributed by atoms with E-state index in [1.807, 2.05) is 13.0 Å². The third-order valence-electron chi connectivity index (χ3n) is 3.86. The number of aryl methyl sites for hydroxylation is 1. The van der Waals surface area contributed by atoms with Crippen molar-refractivity contribution in [2.24, 2.45) is 5.92 Å². The molecule has 2 atom stereocenters. The average Bonchev–Trinajstić information content (AvgIpc) is 2.78. The molecule has 4 heteroatoms. The predicted octanol–water partition coefficient (Wildman–Crippen LogP) is 2.96. The molecule has 0 saturated heterocycles. The summed E-state index contributed by atoms with van der Waals surface area (Å²) in [6.07, 6.45) is 3.62. The summed E-state index contributed by atoms with van der Waals surface area (Å²) in [5.41, 5.74) is 8.72. The van der Waals surface area contributed by atoms with Gasteiger partial charge in [0.05, 0.1) is 12.7 Å². The molecule has 2 unspecified atom stereocenters. The second kappa shape index (κ2) is 5.51. The molecule has 19 heavy (non-hydrogen) atoms. The van der Waals surface area contributed by atoms with Crippen LogP contribution in [0.2, 0.25) is 0 Å². The van der Waals surface area contributed by atoms with Gasteiger partial charge >= 0.3 is 5.97 Å². The van der Waals surface area contributed by atoms with Gasteiger partial charge in [-0.05, 0) is 49.8 Å². The molecule has 1 aliphatic carbocycles. The number of carbonyl (C=O) groups excluding carboxylic acids is 1. The number of nitrogens with two attached hydrogens (primary N) is 1. The Morgan fingerprint density at radius 3 is 2.74 bits per heavy atom. The Hall–Kier alpha value is -1.71. The van der Waals surface area contributed by atoms with Gasteiger partial charge < -0.3 is 15.8 Å². The van der Waals surface area contributed by atoms with Gasteiger partial charge in [-0.15, -0.1) is 0 Å². The summed E-state index contributed by atoms with van der Waals surface area (Å²) in [7, 11) is 1.37. The zero-order chi connectivity index (χ0) is 14.0. The summed E-state index contributed by atoms with van der Waals surface area (Å²) in [6, 6.07) is 4.27. The second-order valence-corrected chi connectivity index (χ2v) is 5.51. The highest BCUT2D eigenvalue weighted by atomic mass is 16.5. The third-order valence-corrected chi connectivity index (χ3v) is 3.86. The van der Waals surface area contributed by atoms with Crippen molar-refractivity contribution in [3.63, 3.8) is 0 Å². The third kappa shape index (κ3) is 3.00. The number of rotatable bonds is 3. The number of ether oxygens (including phenoxy) is 1. The Kier molecular flexibility index (Phi) is 3.98. The zero-order valence-electron chi connectivity index (χ0n) is 11.8. The van der Waals surface area contributed by atoms with Crippen LogP contribution in [0.15, 0.2) is 12.1 Å². The standard InChI is InChI=1S/C15H22N2O2/c1-9-4-5-11(6-9)17-12-7-10(2)14(16)13(8-12)15(18)19-3/h7-9,11,17H,4-6,16H2,1-3H3. The molecule has 1 saturated carbocycles. The summed E-state index contributed by atoms with van der Waals surface area (Å²) in [5, 5.41) is 3.50. The molecule has 104 valence electrons. The van der Waals surface area contributed by atoms with Gasteiger partial charge in [-0.1, -0.05) is 6.92 Å². The van der Waals surface area contributed by atoms with E-state index < -0.39 is 0 Å². The highest BCUT2D eigenvalue weighted by Crippen LogP contribution is 2.29. The molecular weight excluding hydrogens is 240 g/mol. The van der Waals surface area contributed by atoms with E-state index in [1.165, 1.54) is 26.4 Å². The monoisotopic (exact) mass is 262 g/mol. The summed E-state index contributed by atoms with van der Waals surface area (Å²) in [6.45, 7) is 4.18. The Morgan fingerprint density at radius 1 is 1.42 bits per heavy atom. The minimum atomic E-state index is -0.385. The molecule has 0 radical (unpaired) electrons. The van der Waals surface area contributed by atoms with Crippen LogP contribution >= 0.6 is 0 Å². The SMILES string of the molecule is COC(=O)c1cc(NC2CCC(C)C2)cc(C)c1N. The number of hydrogen-bond acceptors (Lipinski definition) is 4. The number of hydrogen-bond donors (Lipinski definition) is 2. The number of esters is 1. The first kappa shape index (κ1) is 13.7. The van der Waals surface area contributed by atoms with Crippen LogP contribution in [0.5, 0.6) is 0 Å². The van der Waals surface area contributed by atoms with Crippen LogP contribution < -0.4 is 11.1 Å². The van der Waals surface area contributed by atoms with Gasteiger partial charge in [0, 0.05) is 17.4 Å². The van der Waals surface area contributed by atoms with E-state index in [0.29, 0.717) is 17.3 Å². The Morgan fingerprint density at radius 2 is 2.16 bits per heavy atom. The largest absolute Gasteiger partial charge is 0.465 e. The van der Waals surface area contributed by atoms with Gasteiger partial charge in [0.15, 0.2) is 0 Å². The maximum Gasteiger partial charge on any atom is 0.340 e. The van der Waals surface area contributed by atoms with Crippen molar-refractivity contribution < 1.29 is 9.53 Å². The highest BCUT2D eigenvalue weighted by molar-refractivity contribution is 5.97. The molecule has 0 aliphatic heterocycles. The van der Waals surface area contributed by atoms with Crippen LogP contribution in [0.4, 0.5) is 11.4 Å². The van der Waals surface area contributed by atoms with Crippen LogP contribution in [0.25, 0.3) is 0 Å². The van der Waals surface area contributed by atoms with Gasteiger partial charge in [-0.25, -0.2) is 4.79 Å². The van der Waals surface area contributed by atoms with Crippen LogP contribution in [0, 0.1) is 12.8 Å². The maximum atomic E-state index is 11.7. The van der Waals surface area contributed by atoms with Crippen molar-refractivity contribution in [2.45, 2.75) is 39.2 Å². The lowest BCUT2D eigenvalue weighted by Crippen LogP contribution is -2.16. The minimum Gasteiger partial charge on any atom is -0.465 e. The van der Waals surface area contributed by atoms with Crippen LogP contribution in [-0.2, 0) is 4.74 Å². The van der Waals surface area contributed by atoms with Gasteiger partial charge in [-0.2, -0.15) is 0 Å². The minimum absolute atomic E-state index is 0.385. The van der Waals surface area contributed by atoms with E-state index in [-0.39, 0.29) is 5.97 Å². The van der Waals surface area contributed by atoms with Gasteiger partial charge in [0.25, 0.3) is 0 Å². The Balaban J connectivity index is 2.21. The lowest BCUT2D eigenvalue weighted by Gasteiger charge is -2.17. The smallest absolute Gasteiger partial charge is 0.340 e. The maximum absolute atomic E-state index is 11.7. The molecule has 1 aliphatic rings. The fourth-order valence-corrected chi connectivity index (χ4v) is 2.73. The Labute approximate surface area is 114 Å². The average molecular weight is 262 g/mol. The van der Waals surface area contributed by atoms with Crippen LogP contribution in [0.1, 0.15) is 42.1 Å². The molecule has 0 heterocycles. The first-order valence-corrected chi connectivity index (χ1v) is 6.76. The molecule has 0 spiro atoms. The van der Waals surface area contributed by atoms with Crippen molar-refractivity contribution in [1.82, 2.24) is 0 Å².